The Kier molecular flexibility index (Phi) is 5.95. The molecule has 0 aliphatic heterocycles. The highest BCUT2D eigenvalue weighted by atomic mass is 35.5. The van der Waals surface area contributed by atoms with E-state index in [1.54, 1.807) is 20.8 Å². The molecular formula is C14H19ClFNO4. The topological polar surface area (TPSA) is 78.8 Å². The van der Waals surface area contributed by atoms with E-state index >= 15 is 0 Å². The fraction of sp³-hybridized carbons (Fsp3) is 0.500. The maximum absolute atomic E-state index is 13.7. The summed E-state index contributed by atoms with van der Waals surface area (Å²) in [6, 6.07) is 4.10. The molecule has 7 heteroatoms. The van der Waals surface area contributed by atoms with Gasteiger partial charge in [-0.3, -0.25) is 0 Å². The Hall–Kier alpha value is -1.37. The van der Waals surface area contributed by atoms with Crippen molar-refractivity contribution in [3.8, 4) is 0 Å². The normalized spacial score (nSPS) is 14.4. The van der Waals surface area contributed by atoms with Gasteiger partial charge < -0.3 is 20.3 Å². The van der Waals surface area contributed by atoms with Gasteiger partial charge in [-0.25, -0.2) is 9.18 Å². The number of carbonyl (C=O) groups excluding carboxylic acids is 1. The van der Waals surface area contributed by atoms with Crippen molar-refractivity contribution in [2.45, 2.75) is 38.6 Å². The highest BCUT2D eigenvalue weighted by molar-refractivity contribution is 6.30. The Morgan fingerprint density at radius 2 is 2.05 bits per heavy atom. The molecule has 0 aromatic heterocycles. The lowest BCUT2D eigenvalue weighted by Crippen LogP contribution is -2.39. The molecule has 5 nitrogen and oxygen atoms in total. The maximum Gasteiger partial charge on any atom is 0.407 e. The summed E-state index contributed by atoms with van der Waals surface area (Å²) >= 11 is 5.61. The van der Waals surface area contributed by atoms with E-state index in [4.69, 9.17) is 16.3 Å². The first-order valence-electron chi connectivity index (χ1n) is 6.38. The van der Waals surface area contributed by atoms with Crippen molar-refractivity contribution < 1.29 is 24.1 Å². The molecule has 0 heterocycles. The first-order valence-corrected chi connectivity index (χ1v) is 6.76. The molecule has 2 atom stereocenters. The molecule has 1 rings (SSSR count). The van der Waals surface area contributed by atoms with Crippen LogP contribution in [0.5, 0.6) is 0 Å². The molecule has 0 radical (unpaired) electrons. The number of aliphatic hydroxyl groups excluding tert-OH is 2. The monoisotopic (exact) mass is 319 g/mol. The van der Waals surface area contributed by atoms with Crippen molar-refractivity contribution in [1.82, 2.24) is 5.32 Å². The predicted molar refractivity (Wildman–Crippen MR) is 76.6 cm³/mol. The minimum atomic E-state index is -1.52. The summed E-state index contributed by atoms with van der Waals surface area (Å²) in [6.07, 6.45) is -3.65. The molecule has 21 heavy (non-hydrogen) atoms. The van der Waals surface area contributed by atoms with Gasteiger partial charge in [0.2, 0.25) is 0 Å². The zero-order valence-electron chi connectivity index (χ0n) is 12.1. The number of halogens is 2. The summed E-state index contributed by atoms with van der Waals surface area (Å²) in [7, 11) is 0. The molecular weight excluding hydrogens is 301 g/mol. The number of rotatable bonds is 4. The van der Waals surface area contributed by atoms with Crippen LogP contribution >= 0.6 is 11.6 Å². The van der Waals surface area contributed by atoms with Crippen LogP contribution < -0.4 is 5.32 Å². The number of benzene rings is 1. The van der Waals surface area contributed by atoms with Crippen LogP contribution in [-0.2, 0) is 4.74 Å². The van der Waals surface area contributed by atoms with Crippen LogP contribution in [0, 0.1) is 5.82 Å². The highest BCUT2D eigenvalue weighted by Gasteiger charge is 2.24. The number of ether oxygens (including phenoxy) is 1. The van der Waals surface area contributed by atoms with Crippen LogP contribution in [-0.4, -0.2) is 34.6 Å². The first kappa shape index (κ1) is 17.7. The van der Waals surface area contributed by atoms with Crippen LogP contribution in [0.3, 0.4) is 0 Å². The summed E-state index contributed by atoms with van der Waals surface area (Å²) in [6.45, 7) is 4.79. The average molecular weight is 320 g/mol. The van der Waals surface area contributed by atoms with E-state index in [1.807, 2.05) is 0 Å². The summed E-state index contributed by atoms with van der Waals surface area (Å²) in [5, 5.41) is 21.8. The van der Waals surface area contributed by atoms with Crippen molar-refractivity contribution in [2.75, 3.05) is 6.54 Å². The molecule has 3 N–H and O–H groups in total. The molecule has 0 spiro atoms. The summed E-state index contributed by atoms with van der Waals surface area (Å²) in [5.74, 6) is -0.803. The zero-order valence-corrected chi connectivity index (χ0v) is 12.8. The van der Waals surface area contributed by atoms with Gasteiger partial charge in [0.1, 0.15) is 23.6 Å². The number of nitrogens with one attached hydrogen (secondary N) is 1. The van der Waals surface area contributed by atoms with Crippen LogP contribution in [0.4, 0.5) is 9.18 Å². The third-order valence-corrected chi connectivity index (χ3v) is 2.81. The third kappa shape index (κ3) is 5.49. The third-order valence-electron chi connectivity index (χ3n) is 2.52. The van der Waals surface area contributed by atoms with Crippen molar-refractivity contribution in [3.63, 3.8) is 0 Å². The number of amides is 1. The van der Waals surface area contributed by atoms with Gasteiger partial charge in [0.05, 0.1) is 5.02 Å². The minimum Gasteiger partial charge on any atom is -0.444 e. The largest absolute Gasteiger partial charge is 0.444 e. The van der Waals surface area contributed by atoms with E-state index < -0.39 is 29.7 Å². The Morgan fingerprint density at radius 3 is 2.62 bits per heavy atom. The fourth-order valence-corrected chi connectivity index (χ4v) is 1.75. The molecule has 1 aromatic rings. The van der Waals surface area contributed by atoms with Gasteiger partial charge in [0.25, 0.3) is 0 Å². The van der Waals surface area contributed by atoms with Gasteiger partial charge in [-0.15, -0.1) is 0 Å². The Bertz CT molecular complexity index is 504. The van der Waals surface area contributed by atoms with Gasteiger partial charge >= 0.3 is 6.09 Å². The smallest absolute Gasteiger partial charge is 0.407 e. The average Bonchev–Trinajstić information content (AvgIpc) is 2.36. The lowest BCUT2D eigenvalue weighted by Gasteiger charge is -2.22. The molecule has 2 unspecified atom stereocenters. The van der Waals surface area contributed by atoms with E-state index in [-0.39, 0.29) is 17.1 Å². The van der Waals surface area contributed by atoms with Crippen LogP contribution in [0.15, 0.2) is 18.2 Å². The second-order valence-electron chi connectivity index (χ2n) is 5.54. The molecule has 0 aliphatic carbocycles. The van der Waals surface area contributed by atoms with Gasteiger partial charge in [0.15, 0.2) is 0 Å². The molecule has 1 aromatic carbocycles. The Morgan fingerprint density at radius 1 is 1.43 bits per heavy atom. The SMILES string of the molecule is CC(C)(C)OC(=O)NCC(O)C(O)c1cccc(Cl)c1F. The summed E-state index contributed by atoms with van der Waals surface area (Å²) in [5.41, 5.74) is -0.812. The van der Waals surface area contributed by atoms with E-state index in [0.717, 1.165) is 0 Å². The second kappa shape index (κ2) is 7.06. The van der Waals surface area contributed by atoms with E-state index in [1.165, 1.54) is 18.2 Å². The molecule has 0 bridgehead atoms. The van der Waals surface area contributed by atoms with Crippen LogP contribution in [0.1, 0.15) is 32.4 Å². The van der Waals surface area contributed by atoms with E-state index in [2.05, 4.69) is 5.32 Å². The first-order chi connectivity index (χ1) is 9.61. The van der Waals surface area contributed by atoms with Crippen LogP contribution in [0.25, 0.3) is 0 Å². The highest BCUT2D eigenvalue weighted by Crippen LogP contribution is 2.25. The molecule has 0 saturated carbocycles. The molecule has 1 amide bonds. The summed E-state index contributed by atoms with van der Waals surface area (Å²) < 4.78 is 18.7. The molecule has 0 aliphatic rings. The minimum absolute atomic E-state index is 0.138. The van der Waals surface area contributed by atoms with Crippen molar-refractivity contribution in [1.29, 1.82) is 0 Å². The Labute approximate surface area is 127 Å². The van der Waals surface area contributed by atoms with Gasteiger partial charge in [-0.1, -0.05) is 23.7 Å². The second-order valence-corrected chi connectivity index (χ2v) is 5.95. The number of carbonyl (C=O) groups is 1. The molecule has 0 saturated heterocycles. The fourth-order valence-electron chi connectivity index (χ4n) is 1.57. The lowest BCUT2D eigenvalue weighted by atomic mass is 10.0. The quantitative estimate of drug-likeness (QED) is 0.796. The number of aliphatic hydroxyl groups is 2. The molecule has 0 fully saturated rings. The number of hydrogen-bond donors (Lipinski definition) is 3. The Balaban J connectivity index is 2.61. The number of hydrogen-bond acceptors (Lipinski definition) is 4. The zero-order chi connectivity index (χ0) is 16.2. The standard InChI is InChI=1S/C14H19ClFNO4/c1-14(2,3)21-13(20)17-7-10(18)12(19)8-5-4-6-9(15)11(8)16/h4-6,10,12,18-19H,7H2,1-3H3,(H,17,20). The predicted octanol–water partition coefficient (Wildman–Crippen LogP) is 2.40. The van der Waals surface area contributed by atoms with Gasteiger partial charge in [-0.2, -0.15) is 0 Å². The van der Waals surface area contributed by atoms with Crippen LogP contribution in [0.2, 0.25) is 5.02 Å². The maximum atomic E-state index is 13.7. The van der Waals surface area contributed by atoms with E-state index in [0.29, 0.717) is 0 Å². The van der Waals surface area contributed by atoms with Crippen molar-refractivity contribution >= 4 is 17.7 Å². The van der Waals surface area contributed by atoms with Gasteiger partial charge in [-0.05, 0) is 26.8 Å². The lowest BCUT2D eigenvalue weighted by molar-refractivity contribution is 0.0113. The number of alkyl carbamates (subject to hydrolysis) is 1. The summed E-state index contributed by atoms with van der Waals surface area (Å²) in [4.78, 5) is 11.4. The van der Waals surface area contributed by atoms with Crippen molar-refractivity contribution in [3.05, 3.63) is 34.6 Å². The van der Waals surface area contributed by atoms with Gasteiger partial charge in [0, 0.05) is 12.1 Å². The van der Waals surface area contributed by atoms with E-state index in [9.17, 15) is 19.4 Å². The molecule has 118 valence electrons. The van der Waals surface area contributed by atoms with Crippen molar-refractivity contribution in [2.24, 2.45) is 0 Å².